The Morgan fingerprint density at radius 2 is 1.91 bits per heavy atom. The molecule has 2 aromatic carbocycles. The molecule has 1 atom stereocenters. The molecule has 1 unspecified atom stereocenters. The molecule has 2 rings (SSSR count). The molecule has 0 saturated carbocycles. The normalized spacial score (nSPS) is 11.6. The first-order valence-electron chi connectivity index (χ1n) is 6.57. The number of hydrogen-bond acceptors (Lipinski definition) is 3. The Hall–Kier alpha value is -2.27. The number of nitrogens with one attached hydrogen (secondary N) is 1. The highest BCUT2D eigenvalue weighted by Gasteiger charge is 2.17. The van der Waals surface area contributed by atoms with Gasteiger partial charge in [-0.2, -0.15) is 0 Å². The van der Waals surface area contributed by atoms with Crippen LogP contribution in [0.4, 0.5) is 10.1 Å². The standard InChI is InChI=1S/C16H15ClFNO3/c1-10(22-15-6-4-3-5-14(15)21-2)16(20)19-11-7-8-13(18)12(17)9-11/h3-10H,1-2H3,(H,19,20). The van der Waals surface area contributed by atoms with Crippen LogP contribution < -0.4 is 14.8 Å². The van der Waals surface area contributed by atoms with Crippen LogP contribution in [0.1, 0.15) is 6.92 Å². The number of amides is 1. The Bertz CT molecular complexity index is 678. The summed E-state index contributed by atoms with van der Waals surface area (Å²) in [5.41, 5.74) is 0.395. The van der Waals surface area contributed by atoms with Crippen LogP contribution in [-0.4, -0.2) is 19.1 Å². The van der Waals surface area contributed by atoms with Gasteiger partial charge in [-0.05, 0) is 37.3 Å². The number of para-hydroxylation sites is 2. The minimum absolute atomic E-state index is 0.0592. The zero-order valence-corrected chi connectivity index (χ0v) is 12.9. The summed E-state index contributed by atoms with van der Waals surface area (Å²) in [7, 11) is 1.52. The van der Waals surface area contributed by atoms with Crippen LogP contribution in [0.15, 0.2) is 42.5 Å². The van der Waals surface area contributed by atoms with Crippen LogP contribution in [0.3, 0.4) is 0 Å². The van der Waals surface area contributed by atoms with E-state index in [1.54, 1.807) is 31.2 Å². The number of methoxy groups -OCH3 is 1. The molecule has 4 nitrogen and oxygen atoms in total. The molecule has 1 amide bonds. The maximum atomic E-state index is 13.1. The molecule has 1 N–H and O–H groups in total. The maximum absolute atomic E-state index is 13.1. The van der Waals surface area contributed by atoms with Crippen LogP contribution in [0, 0.1) is 5.82 Å². The lowest BCUT2D eigenvalue weighted by Crippen LogP contribution is -2.30. The van der Waals surface area contributed by atoms with Crippen molar-refractivity contribution in [3.63, 3.8) is 0 Å². The number of carbonyl (C=O) groups is 1. The van der Waals surface area contributed by atoms with Crippen molar-refractivity contribution in [2.45, 2.75) is 13.0 Å². The summed E-state index contributed by atoms with van der Waals surface area (Å²) >= 11 is 5.67. The first-order valence-corrected chi connectivity index (χ1v) is 6.94. The van der Waals surface area contributed by atoms with E-state index < -0.39 is 11.9 Å². The molecule has 2 aromatic rings. The van der Waals surface area contributed by atoms with Crippen molar-refractivity contribution in [3.8, 4) is 11.5 Å². The number of anilines is 1. The molecule has 0 aliphatic carbocycles. The van der Waals surface area contributed by atoms with E-state index in [0.717, 1.165) is 0 Å². The number of halogens is 2. The molecule has 0 fully saturated rings. The van der Waals surface area contributed by atoms with Crippen molar-refractivity contribution in [1.29, 1.82) is 0 Å². The number of carbonyl (C=O) groups excluding carboxylic acids is 1. The van der Waals surface area contributed by atoms with Crippen LogP contribution in [-0.2, 0) is 4.79 Å². The molecule has 0 radical (unpaired) electrons. The molecule has 0 spiro atoms. The van der Waals surface area contributed by atoms with Gasteiger partial charge in [0.15, 0.2) is 17.6 Å². The predicted molar refractivity (Wildman–Crippen MR) is 83.1 cm³/mol. The highest BCUT2D eigenvalue weighted by molar-refractivity contribution is 6.31. The van der Waals surface area contributed by atoms with Gasteiger partial charge in [0.25, 0.3) is 5.91 Å². The van der Waals surface area contributed by atoms with Gasteiger partial charge in [-0.25, -0.2) is 4.39 Å². The van der Waals surface area contributed by atoms with Crippen molar-refractivity contribution in [1.82, 2.24) is 0 Å². The quantitative estimate of drug-likeness (QED) is 0.908. The number of hydrogen-bond donors (Lipinski definition) is 1. The summed E-state index contributed by atoms with van der Waals surface area (Å²) in [6.07, 6.45) is -0.764. The van der Waals surface area contributed by atoms with E-state index in [-0.39, 0.29) is 10.9 Å². The SMILES string of the molecule is COc1ccccc1OC(C)C(=O)Nc1ccc(F)c(Cl)c1. The van der Waals surface area contributed by atoms with E-state index in [1.807, 2.05) is 0 Å². The van der Waals surface area contributed by atoms with Crippen LogP contribution >= 0.6 is 11.6 Å². The highest BCUT2D eigenvalue weighted by Crippen LogP contribution is 2.27. The van der Waals surface area contributed by atoms with Gasteiger partial charge in [0.2, 0.25) is 0 Å². The Kier molecular flexibility index (Phi) is 5.22. The van der Waals surface area contributed by atoms with Crippen LogP contribution in [0.2, 0.25) is 5.02 Å². The van der Waals surface area contributed by atoms with Crippen molar-refractivity contribution in [2.24, 2.45) is 0 Å². The number of ether oxygens (including phenoxy) is 2. The Morgan fingerprint density at radius 1 is 1.23 bits per heavy atom. The summed E-state index contributed by atoms with van der Waals surface area (Å²) in [6, 6.07) is 11.0. The minimum atomic E-state index is -0.764. The van der Waals surface area contributed by atoms with Crippen molar-refractivity contribution < 1.29 is 18.7 Å². The first kappa shape index (κ1) is 16.1. The molecule has 0 aromatic heterocycles. The molecule has 22 heavy (non-hydrogen) atoms. The second kappa shape index (κ2) is 7.13. The van der Waals surface area contributed by atoms with Crippen LogP contribution in [0.25, 0.3) is 0 Å². The third-order valence-electron chi connectivity index (χ3n) is 2.93. The zero-order valence-electron chi connectivity index (χ0n) is 12.1. The lowest BCUT2D eigenvalue weighted by Gasteiger charge is -2.16. The second-order valence-electron chi connectivity index (χ2n) is 4.53. The molecule has 6 heteroatoms. The van der Waals surface area contributed by atoms with E-state index in [1.165, 1.54) is 25.3 Å². The van der Waals surface area contributed by atoms with Crippen LogP contribution in [0.5, 0.6) is 11.5 Å². The molecule has 0 aliphatic rings. The van der Waals surface area contributed by atoms with E-state index in [9.17, 15) is 9.18 Å². The summed E-state index contributed by atoms with van der Waals surface area (Å²) in [5.74, 6) is 0.0725. The number of rotatable bonds is 5. The highest BCUT2D eigenvalue weighted by atomic mass is 35.5. The van der Waals surface area contributed by atoms with Gasteiger partial charge in [-0.1, -0.05) is 23.7 Å². The lowest BCUT2D eigenvalue weighted by molar-refractivity contribution is -0.122. The summed E-state index contributed by atoms with van der Waals surface area (Å²) in [6.45, 7) is 1.60. The van der Waals surface area contributed by atoms with Gasteiger partial charge in [0.05, 0.1) is 12.1 Å². The summed E-state index contributed by atoms with van der Waals surface area (Å²) in [4.78, 5) is 12.1. The zero-order chi connectivity index (χ0) is 16.1. The molecular formula is C16H15ClFNO3. The summed E-state index contributed by atoms with van der Waals surface area (Å²) < 4.78 is 23.8. The van der Waals surface area contributed by atoms with Gasteiger partial charge in [0, 0.05) is 5.69 Å². The third kappa shape index (κ3) is 3.89. The fourth-order valence-electron chi connectivity index (χ4n) is 1.78. The molecular weight excluding hydrogens is 309 g/mol. The Labute approximate surface area is 132 Å². The van der Waals surface area contributed by atoms with Gasteiger partial charge in [0.1, 0.15) is 5.82 Å². The molecule has 116 valence electrons. The van der Waals surface area contributed by atoms with Crippen molar-refractivity contribution >= 4 is 23.2 Å². The van der Waals surface area contributed by atoms with Gasteiger partial charge >= 0.3 is 0 Å². The van der Waals surface area contributed by atoms with Crippen molar-refractivity contribution in [3.05, 3.63) is 53.3 Å². The fraction of sp³-hybridized carbons (Fsp3) is 0.188. The molecule has 0 bridgehead atoms. The van der Waals surface area contributed by atoms with E-state index >= 15 is 0 Å². The molecule has 0 saturated heterocycles. The summed E-state index contributed by atoms with van der Waals surface area (Å²) in [5, 5.41) is 2.55. The number of benzene rings is 2. The Balaban J connectivity index is 2.04. The first-order chi connectivity index (χ1) is 10.5. The third-order valence-corrected chi connectivity index (χ3v) is 3.22. The van der Waals surface area contributed by atoms with Crippen molar-refractivity contribution in [2.75, 3.05) is 12.4 Å². The average Bonchev–Trinajstić information content (AvgIpc) is 2.51. The topological polar surface area (TPSA) is 47.6 Å². The average molecular weight is 324 g/mol. The predicted octanol–water partition coefficient (Wildman–Crippen LogP) is 3.89. The fourth-order valence-corrected chi connectivity index (χ4v) is 1.96. The van der Waals surface area contributed by atoms with E-state index in [2.05, 4.69) is 5.32 Å². The lowest BCUT2D eigenvalue weighted by atomic mass is 10.2. The van der Waals surface area contributed by atoms with E-state index in [0.29, 0.717) is 17.2 Å². The van der Waals surface area contributed by atoms with Gasteiger partial charge in [-0.3, -0.25) is 4.79 Å². The van der Waals surface area contributed by atoms with Gasteiger partial charge in [-0.15, -0.1) is 0 Å². The molecule has 0 aliphatic heterocycles. The molecule has 0 heterocycles. The van der Waals surface area contributed by atoms with E-state index in [4.69, 9.17) is 21.1 Å². The smallest absolute Gasteiger partial charge is 0.265 e. The largest absolute Gasteiger partial charge is 0.493 e. The Morgan fingerprint density at radius 3 is 2.55 bits per heavy atom. The second-order valence-corrected chi connectivity index (χ2v) is 4.94. The maximum Gasteiger partial charge on any atom is 0.265 e. The monoisotopic (exact) mass is 323 g/mol. The van der Waals surface area contributed by atoms with Gasteiger partial charge < -0.3 is 14.8 Å². The minimum Gasteiger partial charge on any atom is -0.493 e.